The summed E-state index contributed by atoms with van der Waals surface area (Å²) in [5.41, 5.74) is 1.95. The van der Waals surface area contributed by atoms with Gasteiger partial charge in [-0.15, -0.1) is 0 Å². The molecule has 2 rings (SSSR count). The third kappa shape index (κ3) is 5.34. The zero-order valence-electron chi connectivity index (χ0n) is 12.5. The lowest BCUT2D eigenvalue weighted by Crippen LogP contribution is -2.12. The molecule has 0 saturated heterocycles. The van der Waals surface area contributed by atoms with Gasteiger partial charge in [-0.25, -0.2) is 4.79 Å². The van der Waals surface area contributed by atoms with Gasteiger partial charge in [0.05, 0.1) is 12.2 Å². The molecule has 0 bridgehead atoms. The van der Waals surface area contributed by atoms with E-state index >= 15 is 0 Å². The maximum Gasteiger partial charge on any atom is 0.330 e. The number of ether oxygens (including phenoxy) is 1. The number of carbonyl (C=O) groups is 2. The molecule has 0 fully saturated rings. The molecule has 0 saturated carbocycles. The van der Waals surface area contributed by atoms with Crippen molar-refractivity contribution in [3.63, 3.8) is 0 Å². The molecular formula is C17H15BrN2O3. The van der Waals surface area contributed by atoms with Gasteiger partial charge in [0.15, 0.2) is 0 Å². The molecule has 0 aliphatic rings. The predicted octanol–water partition coefficient (Wildman–Crippen LogP) is 3.67. The Kier molecular flexibility index (Phi) is 6.05. The van der Waals surface area contributed by atoms with Crippen LogP contribution in [0.2, 0.25) is 0 Å². The number of hydrogen-bond acceptors (Lipinski definition) is 4. The number of amides is 1. The van der Waals surface area contributed by atoms with Crippen molar-refractivity contribution >= 4 is 39.6 Å². The van der Waals surface area contributed by atoms with Crippen molar-refractivity contribution in [2.75, 3.05) is 11.9 Å². The predicted molar refractivity (Wildman–Crippen MR) is 92.0 cm³/mol. The van der Waals surface area contributed by atoms with Crippen LogP contribution in [0.25, 0.3) is 6.08 Å². The number of nitrogens with one attached hydrogen (secondary N) is 1. The van der Waals surface area contributed by atoms with Crippen LogP contribution in [-0.2, 0) is 9.53 Å². The van der Waals surface area contributed by atoms with Crippen LogP contribution in [0.5, 0.6) is 0 Å². The van der Waals surface area contributed by atoms with Crippen molar-refractivity contribution in [3.8, 4) is 0 Å². The van der Waals surface area contributed by atoms with Crippen LogP contribution in [0.4, 0.5) is 5.69 Å². The van der Waals surface area contributed by atoms with E-state index < -0.39 is 0 Å². The Morgan fingerprint density at radius 3 is 2.65 bits per heavy atom. The van der Waals surface area contributed by atoms with Crippen LogP contribution < -0.4 is 5.32 Å². The molecule has 118 valence electrons. The summed E-state index contributed by atoms with van der Waals surface area (Å²) in [5.74, 6) is -0.624. The van der Waals surface area contributed by atoms with Crippen LogP contribution in [0.15, 0.2) is 53.3 Å². The number of anilines is 1. The normalized spacial score (nSPS) is 10.5. The summed E-state index contributed by atoms with van der Waals surface area (Å²) in [6.45, 7) is 2.10. The highest BCUT2D eigenvalue weighted by Crippen LogP contribution is 2.14. The van der Waals surface area contributed by atoms with Gasteiger partial charge < -0.3 is 10.1 Å². The lowest BCUT2D eigenvalue weighted by Gasteiger charge is -2.05. The van der Waals surface area contributed by atoms with E-state index in [1.807, 2.05) is 0 Å². The molecule has 0 atom stereocenters. The quantitative estimate of drug-likeness (QED) is 0.640. The fourth-order valence-electron chi connectivity index (χ4n) is 1.77. The molecule has 2 aromatic rings. The van der Waals surface area contributed by atoms with Crippen LogP contribution in [0.1, 0.15) is 22.8 Å². The Morgan fingerprint density at radius 1 is 1.26 bits per heavy atom. The van der Waals surface area contributed by atoms with Gasteiger partial charge in [-0.05, 0) is 52.7 Å². The molecule has 0 aliphatic heterocycles. The lowest BCUT2D eigenvalue weighted by atomic mass is 10.2. The second-order valence-electron chi connectivity index (χ2n) is 4.55. The zero-order valence-corrected chi connectivity index (χ0v) is 14.0. The summed E-state index contributed by atoms with van der Waals surface area (Å²) in [7, 11) is 0. The van der Waals surface area contributed by atoms with Crippen LogP contribution in [0.3, 0.4) is 0 Å². The highest BCUT2D eigenvalue weighted by molar-refractivity contribution is 9.10. The second-order valence-corrected chi connectivity index (χ2v) is 5.47. The number of rotatable bonds is 5. The minimum absolute atomic E-state index is 0.242. The average molecular weight is 375 g/mol. The maximum absolute atomic E-state index is 12.1. The average Bonchev–Trinajstić information content (AvgIpc) is 2.54. The van der Waals surface area contributed by atoms with E-state index in [4.69, 9.17) is 4.74 Å². The number of halogens is 1. The van der Waals surface area contributed by atoms with Gasteiger partial charge in [-0.3, -0.25) is 9.78 Å². The molecular weight excluding hydrogens is 360 g/mol. The van der Waals surface area contributed by atoms with Gasteiger partial charge in [-0.2, -0.15) is 0 Å². The topological polar surface area (TPSA) is 68.3 Å². The second kappa shape index (κ2) is 8.24. The number of carbonyl (C=O) groups excluding carboxylic acids is 2. The fraction of sp³-hybridized carbons (Fsp3) is 0.118. The van der Waals surface area contributed by atoms with Crippen molar-refractivity contribution < 1.29 is 14.3 Å². The SMILES string of the molecule is CCOC(=O)/C=C/c1ccc(NC(=O)c2cncc(Br)c2)cc1. The molecule has 5 nitrogen and oxygen atoms in total. The first-order valence-corrected chi connectivity index (χ1v) is 7.74. The summed E-state index contributed by atoms with van der Waals surface area (Å²) >= 11 is 3.28. The molecule has 0 spiro atoms. The Morgan fingerprint density at radius 2 is 2.00 bits per heavy atom. The number of hydrogen-bond donors (Lipinski definition) is 1. The molecule has 1 amide bonds. The van der Waals surface area contributed by atoms with Crippen molar-refractivity contribution in [2.45, 2.75) is 6.92 Å². The molecule has 0 radical (unpaired) electrons. The van der Waals surface area contributed by atoms with E-state index in [9.17, 15) is 9.59 Å². The first kappa shape index (κ1) is 16.9. The molecule has 23 heavy (non-hydrogen) atoms. The zero-order chi connectivity index (χ0) is 16.7. The molecule has 1 N–H and O–H groups in total. The molecule has 1 heterocycles. The van der Waals surface area contributed by atoms with Gasteiger partial charge >= 0.3 is 5.97 Å². The van der Waals surface area contributed by atoms with Crippen LogP contribution in [0, 0.1) is 0 Å². The van der Waals surface area contributed by atoms with Gasteiger partial charge in [0.25, 0.3) is 5.91 Å². The number of esters is 1. The van der Waals surface area contributed by atoms with E-state index in [0.29, 0.717) is 17.9 Å². The summed E-state index contributed by atoms with van der Waals surface area (Å²) < 4.78 is 5.55. The highest BCUT2D eigenvalue weighted by Gasteiger charge is 2.06. The van der Waals surface area contributed by atoms with Gasteiger partial charge in [0, 0.05) is 28.6 Å². The monoisotopic (exact) mass is 374 g/mol. The third-order valence-electron chi connectivity index (χ3n) is 2.83. The maximum atomic E-state index is 12.1. The van der Waals surface area contributed by atoms with Crippen molar-refractivity contribution in [1.82, 2.24) is 4.98 Å². The lowest BCUT2D eigenvalue weighted by molar-refractivity contribution is -0.137. The Hall–Kier alpha value is -2.47. The van der Waals surface area contributed by atoms with E-state index in [-0.39, 0.29) is 11.9 Å². The molecule has 0 aliphatic carbocycles. The number of nitrogens with zero attached hydrogens (tertiary/aromatic N) is 1. The van der Waals surface area contributed by atoms with Gasteiger partial charge in [-0.1, -0.05) is 12.1 Å². The number of aromatic nitrogens is 1. The van der Waals surface area contributed by atoms with Crippen molar-refractivity contribution in [2.24, 2.45) is 0 Å². The highest BCUT2D eigenvalue weighted by atomic mass is 79.9. The molecule has 0 unspecified atom stereocenters. The first-order valence-electron chi connectivity index (χ1n) is 6.95. The standard InChI is InChI=1S/C17H15BrN2O3/c1-2-23-16(21)8-5-12-3-6-15(7-4-12)20-17(22)13-9-14(18)11-19-10-13/h3-11H,2H2,1H3,(H,20,22)/b8-5+. The van der Waals surface area contributed by atoms with E-state index in [1.165, 1.54) is 12.3 Å². The largest absolute Gasteiger partial charge is 0.463 e. The summed E-state index contributed by atoms with van der Waals surface area (Å²) in [6, 6.07) is 8.80. The number of benzene rings is 1. The minimum atomic E-state index is -0.382. The van der Waals surface area contributed by atoms with Crippen molar-refractivity contribution in [3.05, 3.63) is 64.4 Å². The fourth-order valence-corrected chi connectivity index (χ4v) is 2.14. The third-order valence-corrected chi connectivity index (χ3v) is 3.27. The van der Waals surface area contributed by atoms with E-state index in [1.54, 1.807) is 49.5 Å². The van der Waals surface area contributed by atoms with Gasteiger partial charge in [0.1, 0.15) is 0 Å². The molecule has 1 aromatic carbocycles. The smallest absolute Gasteiger partial charge is 0.330 e. The van der Waals surface area contributed by atoms with Crippen molar-refractivity contribution in [1.29, 1.82) is 0 Å². The Balaban J connectivity index is 2.00. The van der Waals surface area contributed by atoms with Crippen LogP contribution in [-0.4, -0.2) is 23.5 Å². The van der Waals surface area contributed by atoms with E-state index in [2.05, 4.69) is 26.2 Å². The molecule has 1 aromatic heterocycles. The van der Waals surface area contributed by atoms with Crippen LogP contribution >= 0.6 is 15.9 Å². The summed E-state index contributed by atoms with van der Waals surface area (Å²) in [6.07, 6.45) is 6.13. The van der Waals surface area contributed by atoms with E-state index in [0.717, 1.165) is 10.0 Å². The summed E-state index contributed by atoms with van der Waals surface area (Å²) in [4.78, 5) is 27.3. The van der Waals surface area contributed by atoms with Gasteiger partial charge in [0.2, 0.25) is 0 Å². The summed E-state index contributed by atoms with van der Waals surface area (Å²) in [5, 5.41) is 2.78. The minimum Gasteiger partial charge on any atom is -0.463 e. The first-order chi connectivity index (χ1) is 11.1. The molecule has 6 heteroatoms. The Bertz CT molecular complexity index is 727. The number of pyridine rings is 1. The Labute approximate surface area is 142 Å².